The number of carboxylic acids is 2. The Labute approximate surface area is 383 Å². The lowest BCUT2D eigenvalue weighted by molar-refractivity contribution is -0.143. The zero-order chi connectivity index (χ0) is 48.8. The Kier molecular flexibility index (Phi) is 23.7. The number of thioether (sulfide) groups is 1. The Morgan fingerprint density at radius 2 is 1.05 bits per heavy atom. The molecule has 8 atom stereocenters. The molecule has 65 heavy (non-hydrogen) atoms. The number of aliphatic hydroxyl groups is 1. The second-order valence-electron chi connectivity index (χ2n) is 16.4. The van der Waals surface area contributed by atoms with Crippen LogP contribution < -0.4 is 37.2 Å². The van der Waals surface area contributed by atoms with E-state index in [1.54, 1.807) is 88.4 Å². The van der Waals surface area contributed by atoms with Crippen molar-refractivity contribution >= 4 is 65.1 Å². The van der Waals surface area contributed by atoms with E-state index in [0.29, 0.717) is 11.3 Å². The average Bonchev–Trinajstić information content (AvgIpc) is 3.24. The second-order valence-corrected chi connectivity index (χ2v) is 17.4. The molecule has 0 aromatic heterocycles. The highest BCUT2D eigenvalue weighted by Gasteiger charge is 2.34. The van der Waals surface area contributed by atoms with Crippen molar-refractivity contribution in [1.29, 1.82) is 0 Å². The van der Waals surface area contributed by atoms with Gasteiger partial charge in [0.15, 0.2) is 0 Å². The lowest BCUT2D eigenvalue weighted by Gasteiger charge is -2.29. The van der Waals surface area contributed by atoms with E-state index in [1.807, 2.05) is 6.26 Å². The molecule has 0 saturated carbocycles. The molecule has 10 N–H and O–H groups in total. The molecule has 0 saturated heterocycles. The molecule has 0 radical (unpaired) electrons. The molecule has 2 aromatic carbocycles. The van der Waals surface area contributed by atoms with Crippen molar-refractivity contribution < 1.29 is 58.5 Å². The molecule has 7 amide bonds. The Hall–Kier alpha value is -6.02. The first-order chi connectivity index (χ1) is 30.6. The fourth-order valence-corrected chi connectivity index (χ4v) is 7.05. The molecular weight excluding hydrogens is 863 g/mol. The third-order valence-electron chi connectivity index (χ3n) is 10.2. The number of hydrogen-bond donors (Lipinski definition) is 10. The van der Waals surface area contributed by atoms with Crippen molar-refractivity contribution in [3.63, 3.8) is 0 Å². The SMILES string of the molecule is CSCC[C@H](NC(=O)[C@@H](NC(C)=O)C(C)C)C(=O)N[C@@H](Cc1ccccc1)[C@@H](O)CC(=O)N[C@H](C(=O)N[C@@H](C)C(=O)N[C@@H](CCC(=O)O)C(=O)N[C@@H](Cc1ccccc1)C(=O)O)C(C)C. The number of amides is 7. The highest BCUT2D eigenvalue weighted by Crippen LogP contribution is 2.13. The van der Waals surface area contributed by atoms with Crippen LogP contribution in [0.3, 0.4) is 0 Å². The molecule has 0 bridgehead atoms. The number of carbonyl (C=O) groups excluding carboxylic acids is 7. The van der Waals surface area contributed by atoms with Gasteiger partial charge >= 0.3 is 11.9 Å². The van der Waals surface area contributed by atoms with E-state index in [-0.39, 0.29) is 25.2 Å². The number of aliphatic hydroxyl groups excluding tert-OH is 1. The summed E-state index contributed by atoms with van der Waals surface area (Å²) in [5.41, 5.74) is 1.33. The van der Waals surface area contributed by atoms with Gasteiger partial charge in [-0.1, -0.05) is 88.4 Å². The lowest BCUT2D eigenvalue weighted by atomic mass is 9.97. The van der Waals surface area contributed by atoms with Gasteiger partial charge in [0.2, 0.25) is 41.4 Å². The van der Waals surface area contributed by atoms with Crippen LogP contribution in [0.5, 0.6) is 0 Å². The predicted molar refractivity (Wildman–Crippen MR) is 243 cm³/mol. The highest BCUT2D eigenvalue weighted by atomic mass is 32.2. The van der Waals surface area contributed by atoms with E-state index >= 15 is 0 Å². The summed E-state index contributed by atoms with van der Waals surface area (Å²) in [6.07, 6.45) is -0.970. The molecule has 19 nitrogen and oxygen atoms in total. The number of aliphatic carboxylic acids is 2. The first kappa shape index (κ1) is 55.1. The van der Waals surface area contributed by atoms with Crippen molar-refractivity contribution in [3.8, 4) is 0 Å². The number of carbonyl (C=O) groups is 9. The summed E-state index contributed by atoms with van der Waals surface area (Å²) in [7, 11) is 0. The largest absolute Gasteiger partial charge is 0.481 e. The van der Waals surface area contributed by atoms with Crippen LogP contribution in [-0.2, 0) is 56.0 Å². The molecule has 0 unspecified atom stereocenters. The van der Waals surface area contributed by atoms with Crippen LogP contribution in [0.25, 0.3) is 0 Å². The molecular formula is C45H65N7O12S. The number of nitrogens with one attached hydrogen (secondary N) is 7. The van der Waals surface area contributed by atoms with E-state index in [2.05, 4.69) is 37.2 Å². The molecule has 0 spiro atoms. The molecule has 2 aromatic rings. The van der Waals surface area contributed by atoms with E-state index in [1.165, 1.54) is 25.6 Å². The van der Waals surface area contributed by atoms with Crippen molar-refractivity contribution in [3.05, 3.63) is 71.8 Å². The standard InChI is InChI=1S/C45H65N7O12S/c1-25(2)38(47-28(6)53)44(62)49-32(20-21-65-7)42(60)50-33(22-29-14-10-8-11-15-29)35(54)24-36(55)52-39(26(3)4)43(61)46-27(5)40(58)48-31(18-19-37(56)57)41(59)51-34(45(63)64)23-30-16-12-9-13-17-30/h8-17,25-27,31-35,38-39,54H,18-24H2,1-7H3,(H,46,61)(H,47,53)(H,48,58)(H,49,62)(H,50,60)(H,51,59)(H,52,55)(H,56,57)(H,63,64)/t27-,31-,32-,33-,34-,35-,38-,39-/m0/s1. The third-order valence-corrected chi connectivity index (χ3v) is 10.9. The van der Waals surface area contributed by atoms with Gasteiger partial charge < -0.3 is 52.5 Å². The zero-order valence-corrected chi connectivity index (χ0v) is 38.7. The second kappa shape index (κ2) is 28.0. The van der Waals surface area contributed by atoms with Crippen molar-refractivity contribution in [2.45, 2.75) is 128 Å². The van der Waals surface area contributed by atoms with Gasteiger partial charge in [-0.3, -0.25) is 38.4 Å². The van der Waals surface area contributed by atoms with Gasteiger partial charge in [-0.05, 0) is 61.2 Å². The minimum atomic E-state index is -1.50. The Morgan fingerprint density at radius 1 is 0.569 bits per heavy atom. The molecule has 20 heteroatoms. The van der Waals surface area contributed by atoms with Gasteiger partial charge in [-0.2, -0.15) is 11.8 Å². The van der Waals surface area contributed by atoms with E-state index in [0.717, 1.165) is 5.56 Å². The van der Waals surface area contributed by atoms with Gasteiger partial charge in [0.05, 0.1) is 18.6 Å². The topological polar surface area (TPSA) is 299 Å². The maximum absolute atomic E-state index is 13.8. The van der Waals surface area contributed by atoms with Crippen LogP contribution >= 0.6 is 11.8 Å². The summed E-state index contributed by atoms with van der Waals surface area (Å²) in [5.74, 6) is -8.00. The normalized spacial score (nSPS) is 14.8. The van der Waals surface area contributed by atoms with Crippen LogP contribution in [-0.4, -0.2) is 129 Å². The summed E-state index contributed by atoms with van der Waals surface area (Å²) in [6, 6.07) is 8.86. The molecule has 0 fully saturated rings. The fraction of sp³-hybridized carbons (Fsp3) is 0.533. The van der Waals surface area contributed by atoms with E-state index in [9.17, 15) is 58.5 Å². The first-order valence-corrected chi connectivity index (χ1v) is 22.8. The third kappa shape index (κ3) is 20.1. The van der Waals surface area contributed by atoms with Crippen LogP contribution in [0.2, 0.25) is 0 Å². The monoisotopic (exact) mass is 927 g/mol. The Bertz CT molecular complexity index is 1920. The molecule has 0 aliphatic heterocycles. The summed E-state index contributed by atoms with van der Waals surface area (Å²) >= 11 is 1.45. The molecule has 0 aliphatic carbocycles. The van der Waals surface area contributed by atoms with Gasteiger partial charge in [-0.25, -0.2) is 4.79 Å². The van der Waals surface area contributed by atoms with Crippen LogP contribution in [0.1, 0.15) is 78.4 Å². The fourth-order valence-electron chi connectivity index (χ4n) is 6.58. The first-order valence-electron chi connectivity index (χ1n) is 21.4. The summed E-state index contributed by atoms with van der Waals surface area (Å²) in [4.78, 5) is 116. The predicted octanol–water partition coefficient (Wildman–Crippen LogP) is 0.671. The summed E-state index contributed by atoms with van der Waals surface area (Å²) in [6.45, 7) is 9.34. The quantitative estimate of drug-likeness (QED) is 0.0562. The number of rotatable bonds is 28. The van der Waals surface area contributed by atoms with Crippen LogP contribution in [0.4, 0.5) is 0 Å². The van der Waals surface area contributed by atoms with Gasteiger partial charge in [0.25, 0.3) is 0 Å². The summed E-state index contributed by atoms with van der Waals surface area (Å²) < 4.78 is 0. The molecule has 0 heterocycles. The average molecular weight is 928 g/mol. The van der Waals surface area contributed by atoms with E-state index in [4.69, 9.17) is 0 Å². The highest BCUT2D eigenvalue weighted by molar-refractivity contribution is 7.98. The minimum Gasteiger partial charge on any atom is -0.481 e. The lowest BCUT2D eigenvalue weighted by Crippen LogP contribution is -2.58. The van der Waals surface area contributed by atoms with Crippen LogP contribution in [0, 0.1) is 11.8 Å². The van der Waals surface area contributed by atoms with Crippen molar-refractivity contribution in [2.24, 2.45) is 11.8 Å². The van der Waals surface area contributed by atoms with Crippen molar-refractivity contribution in [2.75, 3.05) is 12.0 Å². The van der Waals surface area contributed by atoms with Crippen molar-refractivity contribution in [1.82, 2.24) is 37.2 Å². The van der Waals surface area contributed by atoms with Gasteiger partial charge in [0, 0.05) is 19.8 Å². The molecule has 358 valence electrons. The summed E-state index contributed by atoms with van der Waals surface area (Å²) in [5, 5.41) is 48.5. The zero-order valence-electron chi connectivity index (χ0n) is 37.9. The number of carboxylic acid groups (broad SMARTS) is 2. The Morgan fingerprint density at radius 3 is 1.55 bits per heavy atom. The van der Waals surface area contributed by atoms with E-state index < -0.39 is 127 Å². The maximum Gasteiger partial charge on any atom is 0.326 e. The van der Waals surface area contributed by atoms with Gasteiger partial charge in [0.1, 0.15) is 36.3 Å². The smallest absolute Gasteiger partial charge is 0.326 e. The number of hydrogen-bond acceptors (Lipinski definition) is 11. The number of benzene rings is 2. The molecule has 2 rings (SSSR count). The minimum absolute atomic E-state index is 0.0843. The maximum atomic E-state index is 13.8. The Balaban J connectivity index is 2.20. The van der Waals surface area contributed by atoms with Crippen LogP contribution in [0.15, 0.2) is 60.7 Å². The molecule has 0 aliphatic rings. The van der Waals surface area contributed by atoms with Gasteiger partial charge in [-0.15, -0.1) is 0 Å².